The maximum absolute atomic E-state index is 12.4. The van der Waals surface area contributed by atoms with Gasteiger partial charge < -0.3 is 21.5 Å². The largest absolute Gasteiger partial charge is 0.399 e. The number of pyridine rings is 1. The monoisotopic (exact) mass is 350 g/mol. The number of aromatic nitrogens is 3. The Bertz CT molecular complexity index is 901. The lowest BCUT2D eigenvalue weighted by Crippen LogP contribution is -2.15. The van der Waals surface area contributed by atoms with Gasteiger partial charge in [-0.25, -0.2) is 4.98 Å². The molecule has 0 atom stereocenters. The first kappa shape index (κ1) is 17.3. The second-order valence-corrected chi connectivity index (χ2v) is 5.43. The zero-order chi connectivity index (χ0) is 18.4. The number of nitrogens with zero attached hydrogens (tertiary/aromatic N) is 3. The summed E-state index contributed by atoms with van der Waals surface area (Å²) in [4.78, 5) is 25.1. The highest BCUT2D eigenvalue weighted by molar-refractivity contribution is 6.04. The van der Waals surface area contributed by atoms with Crippen molar-refractivity contribution in [3.05, 3.63) is 60.4 Å². The van der Waals surface area contributed by atoms with Gasteiger partial charge in [-0.3, -0.25) is 9.78 Å². The fraction of sp³-hybridized carbons (Fsp3) is 0.111. The van der Waals surface area contributed by atoms with Gasteiger partial charge in [0.25, 0.3) is 5.91 Å². The minimum atomic E-state index is -0.329. The Morgan fingerprint density at radius 3 is 2.65 bits per heavy atom. The first-order valence-corrected chi connectivity index (χ1v) is 7.97. The normalized spacial score (nSPS) is 10.3. The number of carbonyl (C=O) groups excluding carboxylic acids is 1. The highest BCUT2D eigenvalue weighted by Crippen LogP contribution is 2.21. The first-order chi connectivity index (χ1) is 12.7. The number of benzene rings is 1. The van der Waals surface area contributed by atoms with E-state index >= 15 is 0 Å². The lowest BCUT2D eigenvalue weighted by Gasteiger charge is -2.10. The molecule has 26 heavy (non-hydrogen) atoms. The number of nitrogen functional groups attached to an aromatic ring is 1. The third-order valence-electron chi connectivity index (χ3n) is 3.49. The first-order valence-electron chi connectivity index (χ1n) is 7.97. The molecule has 1 amide bonds. The van der Waals surface area contributed by atoms with Crippen molar-refractivity contribution in [1.29, 1.82) is 0 Å². The van der Waals surface area contributed by atoms with Crippen molar-refractivity contribution in [2.24, 2.45) is 0 Å². The van der Waals surface area contributed by atoms with E-state index in [2.05, 4.69) is 25.6 Å². The fourth-order valence-corrected chi connectivity index (χ4v) is 2.30. The molecule has 0 spiro atoms. The molecule has 3 aromatic rings. The Balaban J connectivity index is 1.91. The highest BCUT2D eigenvalue weighted by atomic mass is 16.3. The van der Waals surface area contributed by atoms with Crippen LogP contribution in [0.4, 0.5) is 17.5 Å². The van der Waals surface area contributed by atoms with Crippen LogP contribution in [-0.4, -0.2) is 39.1 Å². The third-order valence-corrected chi connectivity index (χ3v) is 3.49. The van der Waals surface area contributed by atoms with Crippen LogP contribution < -0.4 is 16.4 Å². The van der Waals surface area contributed by atoms with Crippen molar-refractivity contribution < 1.29 is 9.90 Å². The van der Waals surface area contributed by atoms with Crippen LogP contribution >= 0.6 is 0 Å². The summed E-state index contributed by atoms with van der Waals surface area (Å²) in [5.41, 5.74) is 8.10. The van der Waals surface area contributed by atoms with Crippen LogP contribution in [0.25, 0.3) is 11.3 Å². The number of anilines is 3. The summed E-state index contributed by atoms with van der Waals surface area (Å²) in [5.74, 6) is 0.306. The van der Waals surface area contributed by atoms with E-state index in [0.29, 0.717) is 35.3 Å². The average Bonchev–Trinajstić information content (AvgIpc) is 2.67. The number of nitrogens with two attached hydrogens (primary N) is 1. The van der Waals surface area contributed by atoms with Gasteiger partial charge in [0.2, 0.25) is 5.95 Å². The molecule has 5 N–H and O–H groups in total. The van der Waals surface area contributed by atoms with Crippen LogP contribution in [0.5, 0.6) is 0 Å². The Morgan fingerprint density at radius 1 is 1.12 bits per heavy atom. The Morgan fingerprint density at radius 2 is 1.92 bits per heavy atom. The molecule has 132 valence electrons. The molecule has 8 nitrogen and oxygen atoms in total. The van der Waals surface area contributed by atoms with Gasteiger partial charge in [-0.1, -0.05) is 6.07 Å². The van der Waals surface area contributed by atoms with E-state index < -0.39 is 0 Å². The maximum atomic E-state index is 12.4. The highest BCUT2D eigenvalue weighted by Gasteiger charge is 2.11. The summed E-state index contributed by atoms with van der Waals surface area (Å²) in [7, 11) is 0. The molecule has 8 heteroatoms. The minimum Gasteiger partial charge on any atom is -0.399 e. The molecule has 0 fully saturated rings. The van der Waals surface area contributed by atoms with Crippen LogP contribution in [-0.2, 0) is 0 Å². The smallest absolute Gasteiger partial charge is 0.256 e. The summed E-state index contributed by atoms with van der Waals surface area (Å²) in [6, 6.07) is 12.0. The van der Waals surface area contributed by atoms with Gasteiger partial charge in [0.1, 0.15) is 5.82 Å². The zero-order valence-corrected chi connectivity index (χ0v) is 13.9. The van der Waals surface area contributed by atoms with Crippen molar-refractivity contribution in [2.45, 2.75) is 0 Å². The second kappa shape index (κ2) is 8.04. The number of rotatable bonds is 6. The van der Waals surface area contributed by atoms with E-state index in [0.717, 1.165) is 5.56 Å². The Hall–Kier alpha value is -3.52. The number of amides is 1. The molecule has 3 rings (SSSR count). The Kier molecular flexibility index (Phi) is 5.35. The SMILES string of the molecule is Nc1cccc(C(=O)Nc2cc(-c3ccncc3)nc(NCCO)n2)c1. The number of hydrogen-bond acceptors (Lipinski definition) is 7. The fourth-order valence-electron chi connectivity index (χ4n) is 2.30. The van der Waals surface area contributed by atoms with Crippen LogP contribution in [0, 0.1) is 0 Å². The predicted octanol–water partition coefficient (Wildman–Crippen LogP) is 1.78. The summed E-state index contributed by atoms with van der Waals surface area (Å²) in [5, 5.41) is 14.7. The van der Waals surface area contributed by atoms with E-state index in [-0.39, 0.29) is 12.5 Å². The van der Waals surface area contributed by atoms with Gasteiger partial charge in [-0.05, 0) is 30.3 Å². The van der Waals surface area contributed by atoms with E-state index in [1.165, 1.54) is 0 Å². The number of hydrogen-bond donors (Lipinski definition) is 4. The topological polar surface area (TPSA) is 126 Å². The molecule has 0 aliphatic heterocycles. The van der Waals surface area contributed by atoms with E-state index in [4.69, 9.17) is 10.8 Å². The number of aliphatic hydroxyl groups is 1. The van der Waals surface area contributed by atoms with Crippen LogP contribution in [0.15, 0.2) is 54.9 Å². The molecular formula is C18H18N6O2. The van der Waals surface area contributed by atoms with Crippen LogP contribution in [0.3, 0.4) is 0 Å². The van der Waals surface area contributed by atoms with Gasteiger partial charge in [0.15, 0.2) is 0 Å². The maximum Gasteiger partial charge on any atom is 0.256 e. The molecule has 2 aromatic heterocycles. The van der Waals surface area contributed by atoms with Gasteiger partial charge in [0, 0.05) is 41.8 Å². The van der Waals surface area contributed by atoms with Crippen molar-refractivity contribution in [3.8, 4) is 11.3 Å². The molecule has 1 aromatic carbocycles. The lowest BCUT2D eigenvalue weighted by atomic mass is 10.2. The molecule has 2 heterocycles. The number of nitrogens with one attached hydrogen (secondary N) is 2. The standard InChI is InChI=1S/C18H18N6O2/c19-14-3-1-2-13(10-14)17(26)23-16-11-15(12-4-6-20-7-5-12)22-18(24-16)21-8-9-25/h1-7,10-11,25H,8-9,19H2,(H2,21,22,23,24,26). The van der Waals surface area contributed by atoms with E-state index in [1.54, 1.807) is 42.7 Å². The van der Waals surface area contributed by atoms with E-state index in [1.807, 2.05) is 12.1 Å². The molecule has 0 saturated carbocycles. The summed E-state index contributed by atoms with van der Waals surface area (Å²) in [6.07, 6.45) is 3.31. The third kappa shape index (κ3) is 4.31. The zero-order valence-electron chi connectivity index (χ0n) is 13.9. The molecule has 0 aliphatic carbocycles. The predicted molar refractivity (Wildman–Crippen MR) is 99.6 cm³/mol. The van der Waals surface area contributed by atoms with Gasteiger partial charge >= 0.3 is 0 Å². The van der Waals surface area contributed by atoms with Gasteiger partial charge in [-0.15, -0.1) is 0 Å². The van der Waals surface area contributed by atoms with Crippen molar-refractivity contribution in [2.75, 3.05) is 29.5 Å². The molecule has 0 aliphatic rings. The molecular weight excluding hydrogens is 332 g/mol. The summed E-state index contributed by atoms with van der Waals surface area (Å²) < 4.78 is 0. The van der Waals surface area contributed by atoms with Crippen molar-refractivity contribution in [1.82, 2.24) is 15.0 Å². The average molecular weight is 350 g/mol. The molecule has 0 saturated heterocycles. The second-order valence-electron chi connectivity index (χ2n) is 5.43. The molecule has 0 radical (unpaired) electrons. The minimum absolute atomic E-state index is 0.0617. The quantitative estimate of drug-likeness (QED) is 0.499. The van der Waals surface area contributed by atoms with Crippen molar-refractivity contribution in [3.63, 3.8) is 0 Å². The van der Waals surface area contributed by atoms with Gasteiger partial charge in [-0.2, -0.15) is 4.98 Å². The van der Waals surface area contributed by atoms with Crippen LogP contribution in [0.1, 0.15) is 10.4 Å². The van der Waals surface area contributed by atoms with E-state index in [9.17, 15) is 4.79 Å². The molecule has 0 unspecified atom stereocenters. The van der Waals surface area contributed by atoms with Gasteiger partial charge in [0.05, 0.1) is 12.3 Å². The number of carbonyl (C=O) groups is 1. The summed E-state index contributed by atoms with van der Waals surface area (Å²) >= 11 is 0. The Labute approximate surface area is 150 Å². The summed E-state index contributed by atoms with van der Waals surface area (Å²) in [6.45, 7) is 0.232. The lowest BCUT2D eigenvalue weighted by molar-refractivity contribution is 0.102. The van der Waals surface area contributed by atoms with Crippen molar-refractivity contribution >= 4 is 23.4 Å². The van der Waals surface area contributed by atoms with Crippen LogP contribution in [0.2, 0.25) is 0 Å². The number of aliphatic hydroxyl groups excluding tert-OH is 1. The molecule has 0 bridgehead atoms.